The Bertz CT molecular complexity index is 1070. The molecule has 0 unspecified atom stereocenters. The number of ether oxygens (including phenoxy) is 1. The molecule has 2 amide bonds. The first-order valence-corrected chi connectivity index (χ1v) is 10.2. The molecule has 1 heterocycles. The average molecular weight is 421 g/mol. The van der Waals surface area contributed by atoms with Crippen LogP contribution in [0.1, 0.15) is 28.8 Å². The van der Waals surface area contributed by atoms with Gasteiger partial charge in [0.15, 0.2) is 5.75 Å². The molecule has 0 bridgehead atoms. The van der Waals surface area contributed by atoms with Crippen LogP contribution in [0.3, 0.4) is 0 Å². The molecule has 6 heteroatoms. The molecule has 3 aromatic rings. The number of hydrogen-bond acceptors (Lipinski definition) is 3. The zero-order valence-electron chi connectivity index (χ0n) is 16.3. The minimum absolute atomic E-state index is 0.187. The van der Waals surface area contributed by atoms with E-state index in [0.717, 1.165) is 18.5 Å². The number of hydrogen-bond donors (Lipinski definition) is 1. The SMILES string of the molecule is O=C(Nc1ccccc1Oc1ccccc1Cl)c1ccc(CN2CCCC2=O)cc1. The van der Waals surface area contributed by atoms with E-state index in [2.05, 4.69) is 5.32 Å². The molecule has 0 aromatic heterocycles. The van der Waals surface area contributed by atoms with Crippen molar-refractivity contribution in [3.63, 3.8) is 0 Å². The number of para-hydroxylation sites is 3. The number of rotatable bonds is 6. The largest absolute Gasteiger partial charge is 0.454 e. The molecule has 0 saturated carbocycles. The second-order valence-corrected chi connectivity index (χ2v) is 7.51. The summed E-state index contributed by atoms with van der Waals surface area (Å²) in [5, 5.41) is 3.39. The highest BCUT2D eigenvalue weighted by Gasteiger charge is 2.20. The monoisotopic (exact) mass is 420 g/mol. The molecular formula is C24H21ClN2O3. The molecule has 30 heavy (non-hydrogen) atoms. The van der Waals surface area contributed by atoms with Crippen molar-refractivity contribution in [2.75, 3.05) is 11.9 Å². The summed E-state index contributed by atoms with van der Waals surface area (Å²) in [4.78, 5) is 26.4. The Labute approximate surface area is 180 Å². The summed E-state index contributed by atoms with van der Waals surface area (Å²) in [6.45, 7) is 1.37. The molecule has 5 nitrogen and oxygen atoms in total. The fourth-order valence-corrected chi connectivity index (χ4v) is 3.53. The third-order valence-corrected chi connectivity index (χ3v) is 5.27. The minimum Gasteiger partial charge on any atom is -0.454 e. The van der Waals surface area contributed by atoms with Crippen molar-refractivity contribution < 1.29 is 14.3 Å². The van der Waals surface area contributed by atoms with Crippen LogP contribution in [-0.4, -0.2) is 23.3 Å². The van der Waals surface area contributed by atoms with E-state index in [-0.39, 0.29) is 11.8 Å². The number of nitrogens with one attached hydrogen (secondary N) is 1. The van der Waals surface area contributed by atoms with Crippen molar-refractivity contribution in [3.8, 4) is 11.5 Å². The van der Waals surface area contributed by atoms with E-state index in [1.54, 1.807) is 36.4 Å². The van der Waals surface area contributed by atoms with Crippen molar-refractivity contribution in [2.45, 2.75) is 19.4 Å². The van der Waals surface area contributed by atoms with Gasteiger partial charge in [-0.2, -0.15) is 0 Å². The average Bonchev–Trinajstić information content (AvgIpc) is 3.16. The fraction of sp³-hybridized carbons (Fsp3) is 0.167. The lowest BCUT2D eigenvalue weighted by molar-refractivity contribution is -0.128. The van der Waals surface area contributed by atoms with Crippen molar-refractivity contribution >= 4 is 29.1 Å². The molecule has 1 fully saturated rings. The standard InChI is InChI=1S/C24H21ClN2O3/c25-19-6-1-3-8-21(19)30-22-9-4-2-7-20(22)26-24(29)18-13-11-17(12-14-18)16-27-15-5-10-23(27)28/h1-4,6-9,11-14H,5,10,15-16H2,(H,26,29). The number of carbonyl (C=O) groups is 2. The Morgan fingerprint density at radius 1 is 0.967 bits per heavy atom. The lowest BCUT2D eigenvalue weighted by Crippen LogP contribution is -2.23. The number of anilines is 1. The van der Waals surface area contributed by atoms with Crippen molar-refractivity contribution in [1.82, 2.24) is 4.90 Å². The summed E-state index contributed by atoms with van der Waals surface area (Å²) in [5.41, 5.74) is 2.08. The summed E-state index contributed by atoms with van der Waals surface area (Å²) in [5.74, 6) is 0.964. The Balaban J connectivity index is 1.45. The topological polar surface area (TPSA) is 58.6 Å². The normalized spacial score (nSPS) is 13.4. The second kappa shape index (κ2) is 9.01. The van der Waals surface area contributed by atoms with Crippen LogP contribution in [0, 0.1) is 0 Å². The summed E-state index contributed by atoms with van der Waals surface area (Å²) in [6, 6.07) is 21.7. The van der Waals surface area contributed by atoms with Gasteiger partial charge in [-0.05, 0) is 48.4 Å². The van der Waals surface area contributed by atoms with Gasteiger partial charge >= 0.3 is 0 Å². The van der Waals surface area contributed by atoms with E-state index in [1.165, 1.54) is 0 Å². The summed E-state index contributed by atoms with van der Waals surface area (Å²) < 4.78 is 5.90. The van der Waals surface area contributed by atoms with Gasteiger partial charge in [-0.1, -0.05) is 48.0 Å². The first kappa shape index (κ1) is 20.0. The molecule has 4 rings (SSSR count). The maximum atomic E-state index is 12.7. The highest BCUT2D eigenvalue weighted by Crippen LogP contribution is 2.33. The van der Waals surface area contributed by atoms with Gasteiger partial charge in [0.25, 0.3) is 5.91 Å². The molecule has 1 N–H and O–H groups in total. The fourth-order valence-electron chi connectivity index (χ4n) is 3.35. The van der Waals surface area contributed by atoms with E-state index < -0.39 is 0 Å². The van der Waals surface area contributed by atoms with Gasteiger partial charge in [0.2, 0.25) is 5.91 Å². The second-order valence-electron chi connectivity index (χ2n) is 7.10. The Morgan fingerprint density at radius 2 is 1.67 bits per heavy atom. The number of halogens is 1. The predicted octanol–water partition coefficient (Wildman–Crippen LogP) is 5.51. The summed E-state index contributed by atoms with van der Waals surface area (Å²) in [6.07, 6.45) is 1.53. The van der Waals surface area contributed by atoms with E-state index >= 15 is 0 Å². The molecular weight excluding hydrogens is 400 g/mol. The van der Waals surface area contributed by atoms with Crippen LogP contribution in [0.25, 0.3) is 0 Å². The van der Waals surface area contributed by atoms with Crippen LogP contribution >= 0.6 is 11.6 Å². The molecule has 152 valence electrons. The van der Waals surface area contributed by atoms with Crippen LogP contribution in [0.4, 0.5) is 5.69 Å². The maximum absolute atomic E-state index is 12.7. The number of benzene rings is 3. The Kier molecular flexibility index (Phi) is 6.00. The Hall–Kier alpha value is -3.31. The van der Waals surface area contributed by atoms with Gasteiger partial charge in [0.1, 0.15) is 5.75 Å². The molecule has 0 spiro atoms. The number of nitrogens with zero attached hydrogens (tertiary/aromatic N) is 1. The summed E-state index contributed by atoms with van der Waals surface area (Å²) >= 11 is 6.18. The van der Waals surface area contributed by atoms with E-state index in [4.69, 9.17) is 16.3 Å². The van der Waals surface area contributed by atoms with Crippen LogP contribution < -0.4 is 10.1 Å². The van der Waals surface area contributed by atoms with Gasteiger partial charge in [0.05, 0.1) is 10.7 Å². The predicted molar refractivity (Wildman–Crippen MR) is 117 cm³/mol. The number of likely N-dealkylation sites (tertiary alicyclic amines) is 1. The number of amides is 2. The molecule has 0 atom stereocenters. The highest BCUT2D eigenvalue weighted by atomic mass is 35.5. The Morgan fingerprint density at radius 3 is 2.37 bits per heavy atom. The van der Waals surface area contributed by atoms with Gasteiger partial charge in [-0.3, -0.25) is 9.59 Å². The number of carbonyl (C=O) groups excluding carboxylic acids is 2. The van der Waals surface area contributed by atoms with Crippen molar-refractivity contribution in [1.29, 1.82) is 0 Å². The smallest absolute Gasteiger partial charge is 0.255 e. The van der Waals surface area contributed by atoms with Crippen molar-refractivity contribution in [3.05, 3.63) is 88.9 Å². The quantitative estimate of drug-likeness (QED) is 0.572. The molecule has 3 aromatic carbocycles. The minimum atomic E-state index is -0.242. The van der Waals surface area contributed by atoms with Gasteiger partial charge in [-0.25, -0.2) is 0 Å². The lowest BCUT2D eigenvalue weighted by Gasteiger charge is -2.16. The van der Waals surface area contributed by atoms with E-state index in [9.17, 15) is 9.59 Å². The first-order valence-electron chi connectivity index (χ1n) is 9.79. The first-order chi connectivity index (χ1) is 14.6. The van der Waals surface area contributed by atoms with Crippen LogP contribution in [0.2, 0.25) is 5.02 Å². The van der Waals surface area contributed by atoms with E-state index in [0.29, 0.717) is 40.7 Å². The molecule has 0 aliphatic carbocycles. The third kappa shape index (κ3) is 4.63. The van der Waals surface area contributed by atoms with Gasteiger partial charge < -0.3 is 15.0 Å². The van der Waals surface area contributed by atoms with Gasteiger partial charge in [-0.15, -0.1) is 0 Å². The molecule has 1 saturated heterocycles. The zero-order valence-corrected chi connectivity index (χ0v) is 17.1. The van der Waals surface area contributed by atoms with Gasteiger partial charge in [0, 0.05) is 25.1 Å². The molecule has 1 aliphatic rings. The summed E-state index contributed by atoms with van der Waals surface area (Å²) in [7, 11) is 0. The van der Waals surface area contributed by atoms with Crippen molar-refractivity contribution in [2.24, 2.45) is 0 Å². The third-order valence-electron chi connectivity index (χ3n) is 4.95. The zero-order chi connectivity index (χ0) is 20.9. The lowest BCUT2D eigenvalue weighted by atomic mass is 10.1. The molecule has 1 aliphatic heterocycles. The highest BCUT2D eigenvalue weighted by molar-refractivity contribution is 6.32. The molecule has 0 radical (unpaired) electrons. The van der Waals surface area contributed by atoms with Crippen LogP contribution in [-0.2, 0) is 11.3 Å². The maximum Gasteiger partial charge on any atom is 0.255 e. The van der Waals surface area contributed by atoms with Crippen LogP contribution in [0.5, 0.6) is 11.5 Å². The van der Waals surface area contributed by atoms with E-state index in [1.807, 2.05) is 41.3 Å². The van der Waals surface area contributed by atoms with Crippen LogP contribution in [0.15, 0.2) is 72.8 Å².